The number of hydrazone groups is 1. The van der Waals surface area contributed by atoms with Gasteiger partial charge in [0, 0.05) is 12.5 Å². The fraction of sp³-hybridized carbons (Fsp3) is 0.200. The molecule has 6 nitrogen and oxygen atoms in total. The van der Waals surface area contributed by atoms with E-state index in [0.29, 0.717) is 13.0 Å². The molecule has 2 aromatic rings. The lowest BCUT2D eigenvalue weighted by molar-refractivity contribution is -0.696. The number of nitrogens with one attached hydrogen (secondary N) is 1. The normalized spacial score (nSPS) is 11.7. The van der Waals surface area contributed by atoms with Crippen molar-refractivity contribution in [2.24, 2.45) is 5.10 Å². The van der Waals surface area contributed by atoms with Gasteiger partial charge in [-0.3, -0.25) is 9.98 Å². The highest BCUT2D eigenvalue weighted by Gasteiger charge is 2.07. The van der Waals surface area contributed by atoms with E-state index in [1.807, 2.05) is 59.4 Å². The van der Waals surface area contributed by atoms with Gasteiger partial charge in [0.15, 0.2) is 12.4 Å². The van der Waals surface area contributed by atoms with E-state index < -0.39 is 10.1 Å². The first-order chi connectivity index (χ1) is 10.5. The zero-order valence-corrected chi connectivity index (χ0v) is 12.8. The summed E-state index contributed by atoms with van der Waals surface area (Å²) in [6, 6.07) is 13.4. The van der Waals surface area contributed by atoms with Crippen LogP contribution in [0.25, 0.3) is 0 Å². The van der Waals surface area contributed by atoms with Crippen molar-refractivity contribution in [2.45, 2.75) is 13.0 Å². The van der Waals surface area contributed by atoms with Crippen molar-refractivity contribution in [3.05, 3.63) is 60.4 Å². The molecule has 7 heteroatoms. The molecule has 2 rings (SSSR count). The van der Waals surface area contributed by atoms with Gasteiger partial charge in [0.25, 0.3) is 10.1 Å². The number of pyridine rings is 1. The molecule has 0 saturated heterocycles. The molecule has 2 N–H and O–H groups in total. The summed E-state index contributed by atoms with van der Waals surface area (Å²) in [6.07, 6.45) is 5.74. The molecule has 116 valence electrons. The maximum atomic E-state index is 10.7. The van der Waals surface area contributed by atoms with E-state index in [0.717, 1.165) is 11.3 Å². The number of aryl methyl sites for hydroxylation is 1. The Morgan fingerprint density at radius 3 is 2.68 bits per heavy atom. The zero-order chi connectivity index (χ0) is 15.8. The van der Waals surface area contributed by atoms with Crippen LogP contribution < -0.4 is 9.99 Å². The van der Waals surface area contributed by atoms with E-state index in [2.05, 4.69) is 10.5 Å². The van der Waals surface area contributed by atoms with E-state index >= 15 is 0 Å². The second kappa shape index (κ2) is 7.67. The Balaban J connectivity index is 1.91. The molecule has 0 fully saturated rings. The van der Waals surface area contributed by atoms with Gasteiger partial charge in [-0.05, 0) is 18.2 Å². The van der Waals surface area contributed by atoms with Crippen LogP contribution in [0, 0.1) is 0 Å². The molecule has 0 amide bonds. The molecular weight excluding hydrogens is 302 g/mol. The van der Waals surface area contributed by atoms with Gasteiger partial charge in [0.2, 0.25) is 0 Å². The number of rotatable bonds is 7. The fourth-order valence-corrected chi connectivity index (χ4v) is 2.38. The van der Waals surface area contributed by atoms with Gasteiger partial charge in [-0.15, -0.1) is 0 Å². The molecule has 0 aliphatic carbocycles. The average molecular weight is 320 g/mol. The molecule has 0 aliphatic heterocycles. The van der Waals surface area contributed by atoms with Crippen molar-refractivity contribution in [1.82, 2.24) is 0 Å². The summed E-state index contributed by atoms with van der Waals surface area (Å²) in [4.78, 5) is 0. The Hall–Kier alpha value is -2.25. The number of hydrogen-bond acceptors (Lipinski definition) is 4. The highest BCUT2D eigenvalue weighted by Crippen LogP contribution is 2.04. The number of anilines is 1. The molecule has 1 aromatic heterocycles. The smallest absolute Gasteiger partial charge is 0.265 e. The van der Waals surface area contributed by atoms with Gasteiger partial charge >= 0.3 is 0 Å². The molecule has 0 saturated carbocycles. The van der Waals surface area contributed by atoms with Crippen molar-refractivity contribution in [3.8, 4) is 0 Å². The van der Waals surface area contributed by atoms with E-state index in [-0.39, 0.29) is 5.75 Å². The SMILES string of the molecule is O=S(=O)(O)CCC[n+]1cccc(C=NNc2ccccc2)c1. The fourth-order valence-electron chi connectivity index (χ4n) is 1.88. The van der Waals surface area contributed by atoms with Gasteiger partial charge < -0.3 is 0 Å². The lowest BCUT2D eigenvalue weighted by atomic mass is 10.3. The summed E-state index contributed by atoms with van der Waals surface area (Å²) in [5.41, 5.74) is 4.71. The van der Waals surface area contributed by atoms with Crippen LogP contribution >= 0.6 is 0 Å². The molecule has 22 heavy (non-hydrogen) atoms. The third kappa shape index (κ3) is 6.02. The Morgan fingerprint density at radius 1 is 1.18 bits per heavy atom. The second-order valence-corrected chi connectivity index (χ2v) is 6.32. The van der Waals surface area contributed by atoms with Gasteiger partial charge in [0.05, 0.1) is 23.2 Å². The Labute approximate surface area is 129 Å². The third-order valence-electron chi connectivity index (χ3n) is 2.88. The Morgan fingerprint density at radius 2 is 1.95 bits per heavy atom. The van der Waals surface area contributed by atoms with E-state index in [4.69, 9.17) is 4.55 Å². The maximum absolute atomic E-state index is 10.7. The molecule has 1 heterocycles. The van der Waals surface area contributed by atoms with Gasteiger partial charge in [0.1, 0.15) is 6.54 Å². The number of aromatic nitrogens is 1. The van der Waals surface area contributed by atoms with E-state index in [1.165, 1.54) is 0 Å². The number of nitrogens with zero attached hydrogens (tertiary/aromatic N) is 2. The minimum Gasteiger partial charge on any atom is -0.286 e. The molecule has 0 atom stereocenters. The van der Waals surface area contributed by atoms with Crippen LogP contribution in [0.1, 0.15) is 12.0 Å². The summed E-state index contributed by atoms with van der Waals surface area (Å²) in [5, 5.41) is 4.15. The van der Waals surface area contributed by atoms with Gasteiger partial charge in [-0.2, -0.15) is 13.5 Å². The van der Waals surface area contributed by atoms with Gasteiger partial charge in [-0.1, -0.05) is 18.2 Å². The highest BCUT2D eigenvalue weighted by atomic mass is 32.2. The first-order valence-corrected chi connectivity index (χ1v) is 8.42. The molecule has 1 aromatic carbocycles. The Bertz CT molecular complexity index is 731. The molecule has 0 aliphatic rings. The van der Waals surface area contributed by atoms with Crippen molar-refractivity contribution in [2.75, 3.05) is 11.2 Å². The maximum Gasteiger partial charge on any atom is 0.265 e. The number of hydrogen-bond donors (Lipinski definition) is 2. The zero-order valence-electron chi connectivity index (χ0n) is 12.0. The minimum atomic E-state index is -3.90. The lowest BCUT2D eigenvalue weighted by Crippen LogP contribution is -2.34. The van der Waals surface area contributed by atoms with E-state index in [1.54, 1.807) is 6.21 Å². The predicted octanol–water partition coefficient (Wildman–Crippen LogP) is 1.70. The third-order valence-corrected chi connectivity index (χ3v) is 3.69. The van der Waals surface area contributed by atoms with E-state index in [9.17, 15) is 8.42 Å². The first kappa shape index (κ1) is 16.1. The topological polar surface area (TPSA) is 82.6 Å². The van der Waals surface area contributed by atoms with Crippen molar-refractivity contribution < 1.29 is 17.5 Å². The molecule has 0 spiro atoms. The Kier molecular flexibility index (Phi) is 5.62. The second-order valence-electron chi connectivity index (χ2n) is 4.75. The standard InChI is InChI=1S/C15H17N3O3S/c19-22(20,21)11-5-10-18-9-4-6-14(13-18)12-16-17-15-7-2-1-3-8-15/h1-4,6-9,12-13,17H,5,10-11H2/p+1. The predicted molar refractivity (Wildman–Crippen MR) is 85.3 cm³/mol. The van der Waals surface area contributed by atoms with Crippen LogP contribution in [0.2, 0.25) is 0 Å². The molecule has 0 radical (unpaired) electrons. The lowest BCUT2D eigenvalue weighted by Gasteiger charge is -1.99. The van der Waals surface area contributed by atoms with Crippen LogP contribution in [0.4, 0.5) is 5.69 Å². The summed E-state index contributed by atoms with van der Waals surface area (Å²) in [7, 11) is -3.90. The summed E-state index contributed by atoms with van der Waals surface area (Å²) >= 11 is 0. The van der Waals surface area contributed by atoms with Crippen molar-refractivity contribution in [1.29, 1.82) is 0 Å². The van der Waals surface area contributed by atoms with Crippen molar-refractivity contribution >= 4 is 22.0 Å². The van der Waals surface area contributed by atoms with Crippen LogP contribution in [0.3, 0.4) is 0 Å². The van der Waals surface area contributed by atoms with Crippen LogP contribution in [0.5, 0.6) is 0 Å². The number of benzene rings is 1. The quantitative estimate of drug-likeness (QED) is 0.352. The van der Waals surface area contributed by atoms with Crippen LogP contribution in [-0.2, 0) is 16.7 Å². The summed E-state index contributed by atoms with van der Waals surface area (Å²) in [6.45, 7) is 0.508. The number of para-hydroxylation sites is 1. The van der Waals surface area contributed by atoms with Crippen LogP contribution in [0.15, 0.2) is 60.0 Å². The average Bonchev–Trinajstić information content (AvgIpc) is 2.47. The summed E-state index contributed by atoms with van der Waals surface area (Å²) < 4.78 is 31.9. The molecule has 0 bridgehead atoms. The first-order valence-electron chi connectivity index (χ1n) is 6.81. The molecular formula is C15H18N3O3S+. The largest absolute Gasteiger partial charge is 0.286 e. The summed E-state index contributed by atoms with van der Waals surface area (Å²) in [5.74, 6) is -0.242. The van der Waals surface area contributed by atoms with Crippen molar-refractivity contribution in [3.63, 3.8) is 0 Å². The van der Waals surface area contributed by atoms with Crippen LogP contribution in [-0.4, -0.2) is 24.9 Å². The molecule has 0 unspecified atom stereocenters. The minimum absolute atomic E-state index is 0.242. The highest BCUT2D eigenvalue weighted by molar-refractivity contribution is 7.85. The monoisotopic (exact) mass is 320 g/mol. The van der Waals surface area contributed by atoms with Gasteiger partial charge in [-0.25, -0.2) is 4.57 Å².